The predicted octanol–water partition coefficient (Wildman–Crippen LogP) is 2.74. The smallest absolute Gasteiger partial charge is 0.253 e. The van der Waals surface area contributed by atoms with Crippen LogP contribution in [0.15, 0.2) is 53.4 Å². The number of carbonyl (C=O) groups is 1. The molecule has 2 saturated heterocycles. The molecular formula is C23H29N3O3S. The van der Waals surface area contributed by atoms with Gasteiger partial charge in [0.2, 0.25) is 10.0 Å². The van der Waals surface area contributed by atoms with Crippen LogP contribution >= 0.6 is 0 Å². The van der Waals surface area contributed by atoms with Gasteiger partial charge in [-0.05, 0) is 49.1 Å². The van der Waals surface area contributed by atoms with E-state index in [0.29, 0.717) is 31.7 Å². The lowest BCUT2D eigenvalue weighted by atomic mass is 10.1. The van der Waals surface area contributed by atoms with Crippen LogP contribution in [-0.2, 0) is 16.6 Å². The van der Waals surface area contributed by atoms with Gasteiger partial charge in [0, 0.05) is 51.4 Å². The first kappa shape index (κ1) is 21.0. The third kappa shape index (κ3) is 4.43. The fraction of sp³-hybridized carbons (Fsp3) is 0.435. The molecule has 160 valence electrons. The van der Waals surface area contributed by atoms with Crippen molar-refractivity contribution < 1.29 is 13.2 Å². The van der Waals surface area contributed by atoms with E-state index in [9.17, 15) is 13.2 Å². The largest absolute Gasteiger partial charge is 0.336 e. The van der Waals surface area contributed by atoms with Crippen LogP contribution in [0.4, 0.5) is 0 Å². The minimum atomic E-state index is -3.52. The van der Waals surface area contributed by atoms with E-state index < -0.39 is 10.0 Å². The Morgan fingerprint density at radius 3 is 2.30 bits per heavy atom. The molecule has 4 rings (SSSR count). The lowest BCUT2D eigenvalue weighted by molar-refractivity contribution is 0.0628. The Labute approximate surface area is 179 Å². The number of sulfonamides is 1. The molecule has 2 aliphatic rings. The van der Waals surface area contributed by atoms with Crippen molar-refractivity contribution in [3.05, 3.63) is 65.2 Å². The molecule has 6 nitrogen and oxygen atoms in total. The van der Waals surface area contributed by atoms with Gasteiger partial charge in [0.1, 0.15) is 0 Å². The van der Waals surface area contributed by atoms with Crippen LogP contribution in [0.3, 0.4) is 0 Å². The number of hydrogen-bond donors (Lipinski definition) is 0. The Hall–Kier alpha value is -2.22. The van der Waals surface area contributed by atoms with Gasteiger partial charge in [0.05, 0.1) is 4.90 Å². The summed E-state index contributed by atoms with van der Waals surface area (Å²) in [6, 6.07) is 14.9. The average Bonchev–Trinajstić information content (AvgIpc) is 3.31. The number of piperazine rings is 1. The van der Waals surface area contributed by atoms with Crippen LogP contribution in [0.1, 0.15) is 34.3 Å². The van der Waals surface area contributed by atoms with Crippen LogP contribution in [0.25, 0.3) is 0 Å². The van der Waals surface area contributed by atoms with E-state index in [0.717, 1.165) is 32.5 Å². The maximum absolute atomic E-state index is 13.0. The van der Waals surface area contributed by atoms with Crippen LogP contribution in [0.5, 0.6) is 0 Å². The van der Waals surface area contributed by atoms with E-state index in [2.05, 4.69) is 30.0 Å². The van der Waals surface area contributed by atoms with E-state index >= 15 is 0 Å². The number of aryl methyl sites for hydroxylation is 1. The van der Waals surface area contributed by atoms with E-state index in [-0.39, 0.29) is 10.8 Å². The molecule has 2 aromatic rings. The normalized spacial score (nSPS) is 18.6. The second-order valence-corrected chi connectivity index (χ2v) is 10.1. The quantitative estimate of drug-likeness (QED) is 0.736. The molecule has 0 N–H and O–H groups in total. The number of carbonyl (C=O) groups excluding carboxylic acids is 1. The van der Waals surface area contributed by atoms with Crippen LogP contribution in [0.2, 0.25) is 0 Å². The lowest BCUT2D eigenvalue weighted by Crippen LogP contribution is -2.48. The van der Waals surface area contributed by atoms with E-state index in [1.807, 2.05) is 11.0 Å². The Morgan fingerprint density at radius 2 is 1.60 bits per heavy atom. The molecule has 7 heteroatoms. The lowest BCUT2D eigenvalue weighted by Gasteiger charge is -2.35. The number of amides is 1. The van der Waals surface area contributed by atoms with E-state index in [4.69, 9.17) is 0 Å². The second kappa shape index (κ2) is 8.88. The highest BCUT2D eigenvalue weighted by Gasteiger charge is 2.28. The third-order valence-corrected chi connectivity index (χ3v) is 7.99. The fourth-order valence-corrected chi connectivity index (χ4v) is 5.75. The topological polar surface area (TPSA) is 60.9 Å². The van der Waals surface area contributed by atoms with Crippen molar-refractivity contribution in [1.29, 1.82) is 0 Å². The van der Waals surface area contributed by atoms with Crippen LogP contribution in [0, 0.1) is 6.92 Å². The van der Waals surface area contributed by atoms with Gasteiger partial charge in [-0.25, -0.2) is 8.42 Å². The first-order valence-corrected chi connectivity index (χ1v) is 12.1. The molecule has 0 bridgehead atoms. The fourth-order valence-electron chi connectivity index (χ4n) is 4.19. The van der Waals surface area contributed by atoms with Crippen molar-refractivity contribution >= 4 is 15.9 Å². The van der Waals surface area contributed by atoms with Gasteiger partial charge in [-0.15, -0.1) is 0 Å². The molecule has 0 saturated carbocycles. The molecule has 2 aliphatic heterocycles. The molecule has 2 aromatic carbocycles. The molecule has 0 unspecified atom stereocenters. The first-order valence-electron chi connectivity index (χ1n) is 10.6. The molecule has 2 fully saturated rings. The summed E-state index contributed by atoms with van der Waals surface area (Å²) in [4.78, 5) is 17.4. The minimum absolute atomic E-state index is 0.0935. The molecule has 0 spiro atoms. The Balaban J connectivity index is 1.40. The van der Waals surface area contributed by atoms with E-state index in [1.54, 1.807) is 18.2 Å². The second-order valence-electron chi connectivity index (χ2n) is 8.13. The van der Waals surface area contributed by atoms with Gasteiger partial charge in [0.15, 0.2) is 0 Å². The molecule has 30 heavy (non-hydrogen) atoms. The van der Waals surface area contributed by atoms with Crippen molar-refractivity contribution in [2.45, 2.75) is 31.2 Å². The van der Waals surface area contributed by atoms with Crippen molar-refractivity contribution in [2.75, 3.05) is 39.3 Å². The van der Waals surface area contributed by atoms with Gasteiger partial charge in [0.25, 0.3) is 5.91 Å². The van der Waals surface area contributed by atoms with Gasteiger partial charge in [-0.3, -0.25) is 9.69 Å². The number of rotatable bonds is 5. The molecule has 1 amide bonds. The summed E-state index contributed by atoms with van der Waals surface area (Å²) < 4.78 is 27.2. The molecule has 0 atom stereocenters. The van der Waals surface area contributed by atoms with E-state index in [1.165, 1.54) is 21.5 Å². The molecule has 0 radical (unpaired) electrons. The standard InChI is InChI=1S/C23H29N3O3S/c1-19-7-2-3-8-21(19)18-24-13-15-25(16-14-24)23(27)20-9-6-10-22(17-20)30(28,29)26-11-4-5-12-26/h2-3,6-10,17H,4-5,11-16,18H2,1H3. The maximum Gasteiger partial charge on any atom is 0.253 e. The van der Waals surface area contributed by atoms with Gasteiger partial charge in [-0.2, -0.15) is 4.31 Å². The third-order valence-electron chi connectivity index (χ3n) is 6.10. The summed E-state index contributed by atoms with van der Waals surface area (Å²) in [6.07, 6.45) is 1.79. The number of benzene rings is 2. The number of nitrogens with zero attached hydrogens (tertiary/aromatic N) is 3. The van der Waals surface area contributed by atoms with Crippen molar-refractivity contribution in [1.82, 2.24) is 14.1 Å². The summed E-state index contributed by atoms with van der Waals surface area (Å²) >= 11 is 0. The average molecular weight is 428 g/mol. The molecular weight excluding hydrogens is 398 g/mol. The summed E-state index contributed by atoms with van der Waals surface area (Å²) in [7, 11) is -3.52. The Morgan fingerprint density at radius 1 is 0.900 bits per heavy atom. The van der Waals surface area contributed by atoms with Gasteiger partial charge in [-0.1, -0.05) is 30.3 Å². The highest BCUT2D eigenvalue weighted by Crippen LogP contribution is 2.22. The summed E-state index contributed by atoms with van der Waals surface area (Å²) in [5.41, 5.74) is 3.05. The number of hydrogen-bond acceptors (Lipinski definition) is 4. The predicted molar refractivity (Wildman–Crippen MR) is 117 cm³/mol. The van der Waals surface area contributed by atoms with Gasteiger partial charge < -0.3 is 4.90 Å². The minimum Gasteiger partial charge on any atom is -0.336 e. The zero-order chi connectivity index (χ0) is 21.1. The molecule has 0 aliphatic carbocycles. The molecule has 0 aromatic heterocycles. The van der Waals surface area contributed by atoms with Crippen LogP contribution < -0.4 is 0 Å². The van der Waals surface area contributed by atoms with Crippen molar-refractivity contribution in [3.63, 3.8) is 0 Å². The molecule has 2 heterocycles. The highest BCUT2D eigenvalue weighted by molar-refractivity contribution is 7.89. The van der Waals surface area contributed by atoms with Gasteiger partial charge >= 0.3 is 0 Å². The highest BCUT2D eigenvalue weighted by atomic mass is 32.2. The summed E-state index contributed by atoms with van der Waals surface area (Å²) in [5.74, 6) is -0.0935. The Bertz CT molecular complexity index is 1010. The summed E-state index contributed by atoms with van der Waals surface area (Å²) in [6.45, 7) is 7.04. The first-order chi connectivity index (χ1) is 14.4. The summed E-state index contributed by atoms with van der Waals surface area (Å²) in [5, 5.41) is 0. The van der Waals surface area contributed by atoms with Crippen molar-refractivity contribution in [2.24, 2.45) is 0 Å². The zero-order valence-electron chi connectivity index (χ0n) is 17.5. The SMILES string of the molecule is Cc1ccccc1CN1CCN(C(=O)c2cccc(S(=O)(=O)N3CCCC3)c2)CC1. The maximum atomic E-state index is 13.0. The monoisotopic (exact) mass is 427 g/mol. The Kier molecular flexibility index (Phi) is 6.22. The van der Waals surface area contributed by atoms with Crippen LogP contribution in [-0.4, -0.2) is 67.7 Å². The van der Waals surface area contributed by atoms with Crippen molar-refractivity contribution in [3.8, 4) is 0 Å². The zero-order valence-corrected chi connectivity index (χ0v) is 18.3.